The molecular weight excluding hydrogens is 428 g/mol. The summed E-state index contributed by atoms with van der Waals surface area (Å²) in [6.45, 7) is 3.59. The summed E-state index contributed by atoms with van der Waals surface area (Å²) in [6.07, 6.45) is 1.65. The number of nitrogens with zero attached hydrogens (tertiary/aromatic N) is 2. The number of halogens is 1. The molecule has 0 saturated heterocycles. The summed E-state index contributed by atoms with van der Waals surface area (Å²) in [6, 6.07) is 8.72. The van der Waals surface area contributed by atoms with Crippen molar-refractivity contribution in [2.45, 2.75) is 31.4 Å². The molecule has 0 bridgehead atoms. The zero-order chi connectivity index (χ0) is 21.8. The number of benzene rings is 1. The average Bonchev–Trinajstić information content (AvgIpc) is 3.32. The molecule has 3 aromatic rings. The summed E-state index contributed by atoms with van der Waals surface area (Å²) in [5, 5.41) is 9.42. The summed E-state index contributed by atoms with van der Waals surface area (Å²) in [4.78, 5) is 29.5. The molecule has 0 radical (unpaired) electrons. The Bertz CT molecular complexity index is 1040. The van der Waals surface area contributed by atoms with Crippen molar-refractivity contribution in [2.75, 3.05) is 7.05 Å². The molecule has 0 spiro atoms. The van der Waals surface area contributed by atoms with E-state index in [1.807, 2.05) is 19.1 Å². The van der Waals surface area contributed by atoms with Crippen LogP contribution in [0.5, 0.6) is 0 Å². The van der Waals surface area contributed by atoms with Crippen molar-refractivity contribution in [1.29, 1.82) is 0 Å². The molecule has 1 atom stereocenters. The van der Waals surface area contributed by atoms with Crippen molar-refractivity contribution in [3.63, 3.8) is 0 Å². The number of carboxylic acids is 1. The van der Waals surface area contributed by atoms with Crippen LogP contribution in [-0.2, 0) is 17.1 Å². The van der Waals surface area contributed by atoms with Crippen LogP contribution in [0.25, 0.3) is 11.3 Å². The van der Waals surface area contributed by atoms with Crippen molar-refractivity contribution >= 4 is 35.2 Å². The maximum Gasteiger partial charge on any atom is 0.339 e. The molecular formula is C21H21ClN2O5S. The third-order valence-electron chi connectivity index (χ3n) is 4.46. The smallest absolute Gasteiger partial charge is 0.339 e. The number of oxazole rings is 1. The Balaban J connectivity index is 1.54. The van der Waals surface area contributed by atoms with Crippen molar-refractivity contribution < 1.29 is 23.5 Å². The summed E-state index contributed by atoms with van der Waals surface area (Å²) >= 11 is 7.31. The Morgan fingerprint density at radius 3 is 2.60 bits per heavy atom. The van der Waals surface area contributed by atoms with Gasteiger partial charge in [-0.25, -0.2) is 9.78 Å². The number of carbonyl (C=O) groups excluding carboxylic acids is 1. The van der Waals surface area contributed by atoms with Gasteiger partial charge in [0.05, 0.1) is 23.7 Å². The van der Waals surface area contributed by atoms with Gasteiger partial charge in [-0.3, -0.25) is 4.79 Å². The fourth-order valence-corrected chi connectivity index (χ4v) is 3.82. The van der Waals surface area contributed by atoms with Crippen LogP contribution in [0.15, 0.2) is 45.4 Å². The quantitative estimate of drug-likeness (QED) is 0.524. The molecule has 1 aromatic carbocycles. The van der Waals surface area contributed by atoms with Gasteiger partial charge in [-0.15, -0.1) is 11.8 Å². The molecule has 0 aliphatic rings. The van der Waals surface area contributed by atoms with Crippen LogP contribution < -0.4 is 0 Å². The summed E-state index contributed by atoms with van der Waals surface area (Å²) in [5.41, 5.74) is 0.982. The van der Waals surface area contributed by atoms with Gasteiger partial charge >= 0.3 is 5.97 Å². The molecule has 30 heavy (non-hydrogen) atoms. The molecule has 9 heteroatoms. The molecule has 0 aliphatic carbocycles. The average molecular weight is 449 g/mol. The first-order valence-corrected chi connectivity index (χ1v) is 10.6. The van der Waals surface area contributed by atoms with E-state index in [9.17, 15) is 9.59 Å². The molecule has 0 unspecified atom stereocenters. The second-order valence-electron chi connectivity index (χ2n) is 6.76. The fraction of sp³-hybridized carbons (Fsp3) is 0.286. The molecule has 7 nitrogen and oxygen atoms in total. The lowest BCUT2D eigenvalue weighted by Gasteiger charge is -2.19. The summed E-state index contributed by atoms with van der Waals surface area (Å²) in [7, 11) is 1.65. The molecule has 0 fully saturated rings. The van der Waals surface area contributed by atoms with E-state index in [1.165, 1.54) is 22.7 Å². The number of carbonyl (C=O) groups is 2. The Morgan fingerprint density at radius 1 is 1.27 bits per heavy atom. The third-order valence-corrected chi connectivity index (χ3v) is 5.82. The van der Waals surface area contributed by atoms with E-state index in [1.54, 1.807) is 32.3 Å². The highest BCUT2D eigenvalue weighted by Gasteiger charge is 2.21. The number of amides is 1. The SMILES string of the molecule is Cc1oc(CN(C)C(=O)[C@@H](C)SCc2ncc(-c3ccc(Cl)cc3)o2)cc1C(=O)O. The molecule has 2 aromatic heterocycles. The number of aromatic carboxylic acids is 1. The topological polar surface area (TPSA) is 96.8 Å². The predicted octanol–water partition coefficient (Wildman–Crippen LogP) is 4.87. The van der Waals surface area contributed by atoms with Gasteiger partial charge in [0.2, 0.25) is 11.8 Å². The van der Waals surface area contributed by atoms with E-state index >= 15 is 0 Å². The lowest BCUT2D eigenvalue weighted by atomic mass is 10.2. The number of rotatable bonds is 8. The number of furan rings is 1. The zero-order valence-electron chi connectivity index (χ0n) is 16.7. The van der Waals surface area contributed by atoms with Gasteiger partial charge in [0.25, 0.3) is 0 Å². The molecule has 158 valence electrons. The number of thioether (sulfide) groups is 1. The van der Waals surface area contributed by atoms with E-state index < -0.39 is 5.97 Å². The van der Waals surface area contributed by atoms with Crippen molar-refractivity contribution in [3.8, 4) is 11.3 Å². The maximum absolute atomic E-state index is 12.6. The van der Waals surface area contributed by atoms with Gasteiger partial charge in [-0.05, 0) is 44.2 Å². The molecule has 1 amide bonds. The molecule has 3 rings (SSSR count). The molecule has 2 heterocycles. The fourth-order valence-electron chi connectivity index (χ4n) is 2.85. The largest absolute Gasteiger partial charge is 0.478 e. The zero-order valence-corrected chi connectivity index (χ0v) is 18.3. The van der Waals surface area contributed by atoms with Crippen LogP contribution in [0.2, 0.25) is 5.02 Å². The van der Waals surface area contributed by atoms with Gasteiger partial charge in [-0.1, -0.05) is 11.6 Å². The van der Waals surface area contributed by atoms with Crippen LogP contribution in [0.3, 0.4) is 0 Å². The minimum Gasteiger partial charge on any atom is -0.478 e. The Labute approximate surface area is 183 Å². The Morgan fingerprint density at radius 2 is 1.97 bits per heavy atom. The number of aryl methyl sites for hydroxylation is 1. The highest BCUT2D eigenvalue weighted by molar-refractivity contribution is 7.99. The van der Waals surface area contributed by atoms with Crippen molar-refractivity contribution in [3.05, 3.63) is 64.5 Å². The van der Waals surface area contributed by atoms with Gasteiger partial charge in [-0.2, -0.15) is 0 Å². The van der Waals surface area contributed by atoms with E-state index in [-0.39, 0.29) is 23.3 Å². The number of hydrogen-bond acceptors (Lipinski definition) is 6. The van der Waals surface area contributed by atoms with Gasteiger partial charge in [0.1, 0.15) is 17.1 Å². The predicted molar refractivity (Wildman–Crippen MR) is 115 cm³/mol. The van der Waals surface area contributed by atoms with Crippen LogP contribution in [0, 0.1) is 6.92 Å². The number of aromatic nitrogens is 1. The van der Waals surface area contributed by atoms with Crippen molar-refractivity contribution in [2.24, 2.45) is 0 Å². The molecule has 0 aliphatic heterocycles. The minimum absolute atomic E-state index is 0.101. The second-order valence-corrected chi connectivity index (χ2v) is 8.53. The van der Waals surface area contributed by atoms with Gasteiger partial charge < -0.3 is 18.8 Å². The van der Waals surface area contributed by atoms with E-state index in [0.29, 0.717) is 33.9 Å². The van der Waals surface area contributed by atoms with Crippen molar-refractivity contribution in [1.82, 2.24) is 9.88 Å². The van der Waals surface area contributed by atoms with Crippen LogP contribution in [-0.4, -0.2) is 39.2 Å². The summed E-state index contributed by atoms with van der Waals surface area (Å²) < 4.78 is 11.2. The first kappa shape index (κ1) is 22.0. The number of hydrogen-bond donors (Lipinski definition) is 1. The Hall–Kier alpha value is -2.71. The summed E-state index contributed by atoms with van der Waals surface area (Å²) in [5.74, 6) is 1.21. The Kier molecular flexibility index (Phi) is 6.89. The minimum atomic E-state index is -1.05. The van der Waals surface area contributed by atoms with Gasteiger partial charge in [0.15, 0.2) is 5.76 Å². The third kappa shape index (κ3) is 5.25. The lowest BCUT2D eigenvalue weighted by molar-refractivity contribution is -0.129. The van der Waals surface area contributed by atoms with Crippen LogP contribution in [0.4, 0.5) is 0 Å². The monoisotopic (exact) mass is 448 g/mol. The lowest BCUT2D eigenvalue weighted by Crippen LogP contribution is -2.32. The first-order chi connectivity index (χ1) is 14.2. The highest BCUT2D eigenvalue weighted by Crippen LogP contribution is 2.26. The van der Waals surface area contributed by atoms with Crippen LogP contribution in [0.1, 0.15) is 34.7 Å². The maximum atomic E-state index is 12.6. The first-order valence-electron chi connectivity index (χ1n) is 9.14. The molecule has 0 saturated carbocycles. The van der Waals surface area contributed by atoms with Gasteiger partial charge in [0, 0.05) is 17.6 Å². The second kappa shape index (κ2) is 9.40. The van der Waals surface area contributed by atoms with Crippen LogP contribution >= 0.6 is 23.4 Å². The molecule has 1 N–H and O–H groups in total. The normalized spacial score (nSPS) is 12.0. The van der Waals surface area contributed by atoms with E-state index in [2.05, 4.69) is 4.98 Å². The highest BCUT2D eigenvalue weighted by atomic mass is 35.5. The van der Waals surface area contributed by atoms with E-state index in [0.717, 1.165) is 5.56 Å². The van der Waals surface area contributed by atoms with E-state index in [4.69, 9.17) is 25.5 Å². The standard InChI is InChI=1S/C21H21ClN2O5S/c1-12-17(21(26)27)8-16(28-12)10-24(3)20(25)13(2)30-11-19-23-9-18(29-19)14-4-6-15(22)7-5-14/h4-9,13H,10-11H2,1-3H3,(H,26,27)/t13-/m1/s1. The number of carboxylic acid groups (broad SMARTS) is 1.